The van der Waals surface area contributed by atoms with E-state index in [-0.39, 0.29) is 23.8 Å². The van der Waals surface area contributed by atoms with Crippen LogP contribution in [0.1, 0.15) is 40.5 Å². The average Bonchev–Trinajstić information content (AvgIpc) is 1.98. The van der Waals surface area contributed by atoms with Gasteiger partial charge in [0, 0.05) is 11.1 Å². The molecule has 15 heavy (non-hydrogen) atoms. The quantitative estimate of drug-likeness (QED) is 0.752. The van der Waals surface area contributed by atoms with Crippen molar-refractivity contribution in [1.29, 1.82) is 5.26 Å². The van der Waals surface area contributed by atoms with Gasteiger partial charge in [0.1, 0.15) is 0 Å². The fraction of sp³-hybridized carbons (Fsp3) is 0.909. The number of hydroxylamine groups is 2. The largest absolute Gasteiger partial charge is 0.393 e. The van der Waals surface area contributed by atoms with Crippen LogP contribution in [0.5, 0.6) is 0 Å². The van der Waals surface area contributed by atoms with Crippen molar-refractivity contribution in [2.75, 3.05) is 6.61 Å². The van der Waals surface area contributed by atoms with Crippen molar-refractivity contribution in [3.63, 3.8) is 0 Å². The van der Waals surface area contributed by atoms with Crippen LogP contribution in [0, 0.1) is 11.3 Å². The summed E-state index contributed by atoms with van der Waals surface area (Å²) >= 11 is 0. The maximum Gasteiger partial charge on any atom is 0.155 e. The van der Waals surface area contributed by atoms with E-state index in [1.165, 1.54) is 0 Å². The molecule has 1 rings (SSSR count). The van der Waals surface area contributed by atoms with Crippen LogP contribution in [0.15, 0.2) is 0 Å². The van der Waals surface area contributed by atoms with Gasteiger partial charge in [0.15, 0.2) is 6.61 Å². The van der Waals surface area contributed by atoms with Crippen molar-refractivity contribution >= 4 is 0 Å². The zero-order valence-electron chi connectivity index (χ0n) is 9.95. The average molecular weight is 212 g/mol. The minimum absolute atomic E-state index is 0.0585. The van der Waals surface area contributed by atoms with Crippen LogP contribution in [0.3, 0.4) is 0 Å². The standard InChI is InChI=1S/C11H20N2O2/c1-10(2)7-9(14)8-11(3,4)13(10)15-6-5-12/h9,14H,6-8H2,1-4H3. The molecule has 1 fully saturated rings. The van der Waals surface area contributed by atoms with Gasteiger partial charge in [-0.05, 0) is 40.5 Å². The maximum atomic E-state index is 9.78. The van der Waals surface area contributed by atoms with Crippen LogP contribution in [0.2, 0.25) is 0 Å². The van der Waals surface area contributed by atoms with Gasteiger partial charge in [-0.25, -0.2) is 0 Å². The van der Waals surface area contributed by atoms with E-state index in [1.54, 1.807) is 0 Å². The van der Waals surface area contributed by atoms with E-state index in [2.05, 4.69) is 0 Å². The number of hydrogen-bond donors (Lipinski definition) is 1. The van der Waals surface area contributed by atoms with E-state index in [0.29, 0.717) is 12.8 Å². The lowest BCUT2D eigenvalue weighted by atomic mass is 9.80. The summed E-state index contributed by atoms with van der Waals surface area (Å²) in [5, 5.41) is 20.2. The van der Waals surface area contributed by atoms with E-state index in [0.717, 1.165) is 0 Å². The van der Waals surface area contributed by atoms with Crippen molar-refractivity contribution in [2.24, 2.45) is 0 Å². The molecule has 4 heteroatoms. The van der Waals surface area contributed by atoms with Crippen LogP contribution in [-0.4, -0.2) is 34.0 Å². The highest BCUT2D eigenvalue weighted by molar-refractivity contribution is 4.96. The first-order valence-corrected chi connectivity index (χ1v) is 5.28. The van der Waals surface area contributed by atoms with Gasteiger partial charge in [0.2, 0.25) is 0 Å². The molecule has 1 aliphatic rings. The fourth-order valence-electron chi connectivity index (χ4n) is 2.65. The molecule has 1 N–H and O–H groups in total. The molecule has 1 aliphatic heterocycles. The lowest BCUT2D eigenvalue weighted by molar-refractivity contribution is -0.285. The van der Waals surface area contributed by atoms with Gasteiger partial charge in [-0.1, -0.05) is 0 Å². The predicted octanol–water partition coefficient (Wildman–Crippen LogP) is 1.46. The van der Waals surface area contributed by atoms with Crippen LogP contribution < -0.4 is 0 Å². The number of aliphatic hydroxyl groups excluding tert-OH is 1. The second kappa shape index (κ2) is 4.09. The monoisotopic (exact) mass is 212 g/mol. The van der Waals surface area contributed by atoms with Crippen LogP contribution in [0.4, 0.5) is 0 Å². The van der Waals surface area contributed by atoms with Gasteiger partial charge in [0.25, 0.3) is 0 Å². The first-order valence-electron chi connectivity index (χ1n) is 5.28. The third-order valence-corrected chi connectivity index (χ3v) is 2.83. The van der Waals surface area contributed by atoms with Crippen molar-refractivity contribution in [3.8, 4) is 6.07 Å². The Balaban J connectivity index is 2.83. The minimum Gasteiger partial charge on any atom is -0.393 e. The summed E-state index contributed by atoms with van der Waals surface area (Å²) in [4.78, 5) is 5.47. The summed E-state index contributed by atoms with van der Waals surface area (Å²) in [6, 6.07) is 1.98. The summed E-state index contributed by atoms with van der Waals surface area (Å²) in [5.74, 6) is 0. The van der Waals surface area contributed by atoms with E-state index in [1.807, 2.05) is 38.8 Å². The Bertz CT molecular complexity index is 250. The Morgan fingerprint density at radius 2 is 1.80 bits per heavy atom. The van der Waals surface area contributed by atoms with Gasteiger partial charge in [-0.3, -0.25) is 4.84 Å². The maximum absolute atomic E-state index is 9.78. The zero-order chi connectivity index (χ0) is 11.7. The Morgan fingerprint density at radius 3 is 2.20 bits per heavy atom. The molecule has 0 saturated carbocycles. The van der Waals surface area contributed by atoms with Crippen LogP contribution in [0.25, 0.3) is 0 Å². The molecule has 0 radical (unpaired) electrons. The lowest BCUT2D eigenvalue weighted by Crippen LogP contribution is -2.61. The van der Waals surface area contributed by atoms with E-state index in [4.69, 9.17) is 10.1 Å². The molecule has 0 amide bonds. The van der Waals surface area contributed by atoms with Crippen molar-refractivity contribution in [3.05, 3.63) is 0 Å². The topological polar surface area (TPSA) is 56.5 Å². The van der Waals surface area contributed by atoms with Crippen LogP contribution in [-0.2, 0) is 4.84 Å². The Morgan fingerprint density at radius 1 is 1.33 bits per heavy atom. The molecule has 4 nitrogen and oxygen atoms in total. The molecule has 0 unspecified atom stereocenters. The van der Waals surface area contributed by atoms with Crippen molar-refractivity contribution < 1.29 is 9.94 Å². The molecule has 0 atom stereocenters. The van der Waals surface area contributed by atoms with Gasteiger partial charge < -0.3 is 5.11 Å². The Hall–Kier alpha value is -0.630. The smallest absolute Gasteiger partial charge is 0.155 e. The molecule has 0 aromatic rings. The van der Waals surface area contributed by atoms with E-state index >= 15 is 0 Å². The first-order chi connectivity index (χ1) is 6.79. The van der Waals surface area contributed by atoms with E-state index in [9.17, 15) is 5.11 Å². The van der Waals surface area contributed by atoms with Crippen LogP contribution >= 0.6 is 0 Å². The summed E-state index contributed by atoms with van der Waals surface area (Å²) in [5.41, 5.74) is -0.476. The summed E-state index contributed by atoms with van der Waals surface area (Å²) in [6.07, 6.45) is 1.04. The third-order valence-electron chi connectivity index (χ3n) is 2.83. The summed E-state index contributed by atoms with van der Waals surface area (Å²) in [6.45, 7) is 8.15. The predicted molar refractivity (Wildman–Crippen MR) is 56.8 cm³/mol. The molecule has 86 valence electrons. The first kappa shape index (κ1) is 12.4. The molecule has 1 heterocycles. The molecule has 0 spiro atoms. The highest BCUT2D eigenvalue weighted by atomic mass is 16.7. The molecular weight excluding hydrogens is 192 g/mol. The normalized spacial score (nSPS) is 26.1. The highest BCUT2D eigenvalue weighted by Gasteiger charge is 2.46. The highest BCUT2D eigenvalue weighted by Crippen LogP contribution is 2.38. The van der Waals surface area contributed by atoms with Gasteiger partial charge >= 0.3 is 0 Å². The Kier molecular flexibility index (Phi) is 3.39. The lowest BCUT2D eigenvalue weighted by Gasteiger charge is -2.52. The second-order valence-corrected chi connectivity index (χ2v) is 5.41. The summed E-state index contributed by atoms with van der Waals surface area (Å²) < 4.78 is 0. The number of hydrogen-bond acceptors (Lipinski definition) is 4. The Labute approximate surface area is 91.4 Å². The molecule has 0 aromatic heterocycles. The number of piperidine rings is 1. The molecular formula is C11H20N2O2. The number of nitrogens with zero attached hydrogens (tertiary/aromatic N) is 2. The summed E-state index contributed by atoms with van der Waals surface area (Å²) in [7, 11) is 0. The third kappa shape index (κ3) is 2.69. The van der Waals surface area contributed by atoms with E-state index < -0.39 is 0 Å². The SMILES string of the molecule is CC1(C)CC(O)CC(C)(C)N1OCC#N. The molecule has 1 saturated heterocycles. The number of rotatable bonds is 2. The molecule has 0 aromatic carbocycles. The van der Waals surface area contributed by atoms with Gasteiger partial charge in [0.05, 0.1) is 12.2 Å². The van der Waals surface area contributed by atoms with Gasteiger partial charge in [-0.15, -0.1) is 0 Å². The molecule has 0 aliphatic carbocycles. The van der Waals surface area contributed by atoms with Crippen molar-refractivity contribution in [2.45, 2.75) is 57.7 Å². The minimum atomic E-state index is -0.295. The fourth-order valence-corrected chi connectivity index (χ4v) is 2.65. The second-order valence-electron chi connectivity index (χ2n) is 5.41. The zero-order valence-corrected chi connectivity index (χ0v) is 9.95. The number of aliphatic hydroxyl groups is 1. The molecule has 0 bridgehead atoms. The van der Waals surface area contributed by atoms with Crippen molar-refractivity contribution in [1.82, 2.24) is 5.06 Å². The van der Waals surface area contributed by atoms with Gasteiger partial charge in [-0.2, -0.15) is 10.3 Å². The number of nitriles is 1.